The number of para-hydroxylation sites is 1. The second-order valence-electron chi connectivity index (χ2n) is 4.63. The lowest BCUT2D eigenvalue weighted by Gasteiger charge is -2.26. The number of nitrogens with one attached hydrogen (secondary N) is 2. The third-order valence-corrected chi connectivity index (χ3v) is 4.86. The molecule has 0 radical (unpaired) electrons. The number of aromatic nitrogens is 1. The summed E-state index contributed by atoms with van der Waals surface area (Å²) in [5.41, 5.74) is 4.33. The number of anilines is 1. The average molecular weight is 292 g/mol. The number of hydrogen-bond donors (Lipinski definition) is 2. The van der Waals surface area contributed by atoms with Crippen molar-refractivity contribution in [2.45, 2.75) is 32.4 Å². The smallest absolute Gasteiger partial charge is 0.207 e. The van der Waals surface area contributed by atoms with Crippen LogP contribution < -0.4 is 15.8 Å². The molecule has 0 bridgehead atoms. The van der Waals surface area contributed by atoms with Gasteiger partial charge in [-0.15, -0.1) is 0 Å². The zero-order valence-electron chi connectivity index (χ0n) is 10.9. The summed E-state index contributed by atoms with van der Waals surface area (Å²) < 4.78 is 1.17. The number of benzene rings is 1. The van der Waals surface area contributed by atoms with Gasteiger partial charge in [-0.1, -0.05) is 37.3 Å². The number of fused-ring (bicyclic) bond motifs is 1. The molecule has 1 aliphatic heterocycles. The van der Waals surface area contributed by atoms with Crippen LogP contribution in [0.1, 0.15) is 26.7 Å². The van der Waals surface area contributed by atoms with Crippen LogP contribution in [-0.4, -0.2) is 15.8 Å². The first-order chi connectivity index (χ1) is 9.17. The fraction of sp³-hybridized carbons (Fsp3) is 0.385. The molecule has 3 rings (SSSR count). The van der Waals surface area contributed by atoms with Crippen LogP contribution in [0.3, 0.4) is 0 Å². The first-order valence-corrected chi connectivity index (χ1v) is 7.65. The summed E-state index contributed by atoms with van der Waals surface area (Å²) >= 11 is 7.07. The number of hydrogen-bond acceptors (Lipinski definition) is 4. The van der Waals surface area contributed by atoms with Crippen molar-refractivity contribution >= 4 is 44.0 Å². The van der Waals surface area contributed by atoms with Crippen molar-refractivity contribution < 1.29 is 0 Å². The van der Waals surface area contributed by atoms with Crippen LogP contribution in [0.25, 0.3) is 10.2 Å². The van der Waals surface area contributed by atoms with E-state index in [0.29, 0.717) is 5.11 Å². The number of rotatable bonds is 3. The molecule has 2 N–H and O–H groups in total. The molecule has 1 fully saturated rings. The number of hydrazine groups is 1. The summed E-state index contributed by atoms with van der Waals surface area (Å²) in [6.45, 7) is 4.29. The van der Waals surface area contributed by atoms with Gasteiger partial charge < -0.3 is 5.32 Å². The van der Waals surface area contributed by atoms with Crippen molar-refractivity contribution in [1.82, 2.24) is 15.7 Å². The molecule has 2 heterocycles. The third-order valence-electron chi connectivity index (χ3n) is 3.56. The van der Waals surface area contributed by atoms with E-state index in [-0.39, 0.29) is 5.66 Å². The lowest BCUT2D eigenvalue weighted by molar-refractivity contribution is 0.315. The molecule has 0 spiro atoms. The average Bonchev–Trinajstić information content (AvgIpc) is 2.99. The molecule has 4 nitrogen and oxygen atoms in total. The molecular formula is C13H16N4S2. The summed E-state index contributed by atoms with van der Waals surface area (Å²) in [6.07, 6.45) is 1.93. The summed E-state index contributed by atoms with van der Waals surface area (Å²) in [5, 5.41) is 6.86. The van der Waals surface area contributed by atoms with Crippen molar-refractivity contribution in [1.29, 1.82) is 0 Å². The van der Waals surface area contributed by atoms with E-state index in [1.165, 1.54) is 4.70 Å². The molecule has 19 heavy (non-hydrogen) atoms. The number of nitrogens with zero attached hydrogens (tertiary/aromatic N) is 2. The van der Waals surface area contributed by atoms with E-state index >= 15 is 0 Å². The van der Waals surface area contributed by atoms with Gasteiger partial charge in [-0.2, -0.15) is 0 Å². The van der Waals surface area contributed by atoms with E-state index in [9.17, 15) is 0 Å². The van der Waals surface area contributed by atoms with Crippen molar-refractivity contribution in [3.63, 3.8) is 0 Å². The molecule has 6 heteroatoms. The fourth-order valence-corrected chi connectivity index (χ4v) is 3.55. The summed E-state index contributed by atoms with van der Waals surface area (Å²) in [7, 11) is 0. The normalized spacial score (nSPS) is 18.0. The highest BCUT2D eigenvalue weighted by molar-refractivity contribution is 7.80. The molecule has 0 amide bonds. The minimum atomic E-state index is -0.144. The number of thiocarbonyl (C=S) groups is 1. The van der Waals surface area contributed by atoms with Crippen LogP contribution >= 0.6 is 23.6 Å². The summed E-state index contributed by atoms with van der Waals surface area (Å²) in [5.74, 6) is 0. The van der Waals surface area contributed by atoms with E-state index in [1.54, 1.807) is 11.3 Å². The molecular weight excluding hydrogens is 276 g/mol. The van der Waals surface area contributed by atoms with E-state index in [1.807, 2.05) is 23.2 Å². The molecule has 2 aromatic rings. The highest BCUT2D eigenvalue weighted by atomic mass is 32.1. The quantitative estimate of drug-likeness (QED) is 0.851. The first-order valence-electron chi connectivity index (χ1n) is 6.43. The topological polar surface area (TPSA) is 40.2 Å². The van der Waals surface area contributed by atoms with Gasteiger partial charge in [0.25, 0.3) is 0 Å². The van der Waals surface area contributed by atoms with E-state index in [2.05, 4.69) is 35.6 Å². The lowest BCUT2D eigenvalue weighted by atomic mass is 10.1. The molecule has 1 aromatic heterocycles. The Morgan fingerprint density at radius 1 is 1.32 bits per heavy atom. The fourth-order valence-electron chi connectivity index (χ4n) is 2.23. The molecule has 100 valence electrons. The zero-order valence-corrected chi connectivity index (χ0v) is 12.6. The Morgan fingerprint density at radius 3 is 2.68 bits per heavy atom. The highest BCUT2D eigenvalue weighted by Gasteiger charge is 2.38. The van der Waals surface area contributed by atoms with E-state index in [0.717, 1.165) is 23.5 Å². The monoisotopic (exact) mass is 292 g/mol. The predicted molar refractivity (Wildman–Crippen MR) is 84.3 cm³/mol. The molecule has 0 saturated carbocycles. The molecule has 0 unspecified atom stereocenters. The van der Waals surface area contributed by atoms with Crippen molar-refractivity contribution in [2.24, 2.45) is 0 Å². The van der Waals surface area contributed by atoms with Crippen LogP contribution in [0.5, 0.6) is 0 Å². The Kier molecular flexibility index (Phi) is 3.16. The van der Waals surface area contributed by atoms with Gasteiger partial charge in [0.05, 0.1) is 10.2 Å². The summed E-state index contributed by atoms with van der Waals surface area (Å²) in [4.78, 5) is 4.63. The van der Waals surface area contributed by atoms with Crippen molar-refractivity contribution in [3.8, 4) is 0 Å². The third kappa shape index (κ3) is 2.09. The Morgan fingerprint density at radius 2 is 2.05 bits per heavy atom. The van der Waals surface area contributed by atoms with Crippen molar-refractivity contribution in [2.75, 3.05) is 5.01 Å². The van der Waals surface area contributed by atoms with Crippen LogP contribution in [0.2, 0.25) is 0 Å². The second-order valence-corrected chi connectivity index (χ2v) is 6.03. The van der Waals surface area contributed by atoms with Gasteiger partial charge in [-0.05, 0) is 37.2 Å². The van der Waals surface area contributed by atoms with Gasteiger partial charge in [-0.3, -0.25) is 0 Å². The van der Waals surface area contributed by atoms with E-state index < -0.39 is 0 Å². The zero-order chi connectivity index (χ0) is 13.5. The van der Waals surface area contributed by atoms with Gasteiger partial charge in [0.2, 0.25) is 5.13 Å². The Hall–Kier alpha value is -1.24. The number of thiazole rings is 1. The maximum Gasteiger partial charge on any atom is 0.207 e. The maximum absolute atomic E-state index is 5.43. The lowest BCUT2D eigenvalue weighted by Crippen LogP contribution is -2.50. The Labute approximate surface area is 121 Å². The van der Waals surface area contributed by atoms with Gasteiger partial charge in [0.15, 0.2) is 5.11 Å². The SMILES string of the molecule is CCC1(CC)NC(=S)N(c2nc3ccccc3s2)N1. The van der Waals surface area contributed by atoms with Crippen molar-refractivity contribution in [3.05, 3.63) is 24.3 Å². The predicted octanol–water partition coefficient (Wildman–Crippen LogP) is 3.01. The standard InChI is InChI=1S/C13H16N4S2/c1-3-13(4-2)15-11(18)17(16-13)12-14-9-7-5-6-8-10(9)19-12/h5-8,16H,3-4H2,1-2H3,(H,15,18). The Balaban J connectivity index is 1.96. The summed E-state index contributed by atoms with van der Waals surface area (Å²) in [6, 6.07) is 8.13. The minimum Gasteiger partial charge on any atom is -0.342 e. The molecule has 1 aliphatic rings. The second kappa shape index (κ2) is 4.70. The van der Waals surface area contributed by atoms with Gasteiger partial charge in [-0.25, -0.2) is 15.4 Å². The van der Waals surface area contributed by atoms with E-state index in [4.69, 9.17) is 12.2 Å². The Bertz CT molecular complexity index is 585. The van der Waals surface area contributed by atoms with Crippen LogP contribution in [0.15, 0.2) is 24.3 Å². The van der Waals surface area contributed by atoms with Crippen LogP contribution in [-0.2, 0) is 0 Å². The molecule has 1 saturated heterocycles. The highest BCUT2D eigenvalue weighted by Crippen LogP contribution is 2.31. The van der Waals surface area contributed by atoms with Gasteiger partial charge in [0, 0.05) is 0 Å². The van der Waals surface area contributed by atoms with Crippen LogP contribution in [0, 0.1) is 0 Å². The van der Waals surface area contributed by atoms with Gasteiger partial charge in [0.1, 0.15) is 5.66 Å². The maximum atomic E-state index is 5.43. The largest absolute Gasteiger partial charge is 0.342 e. The molecule has 1 aromatic carbocycles. The molecule has 0 atom stereocenters. The first kappa shape index (κ1) is 12.8. The van der Waals surface area contributed by atoms with Gasteiger partial charge >= 0.3 is 0 Å². The van der Waals surface area contributed by atoms with Crippen LogP contribution in [0.4, 0.5) is 5.13 Å². The minimum absolute atomic E-state index is 0.144. The molecule has 0 aliphatic carbocycles.